The first-order chi connectivity index (χ1) is 9.13. The molecule has 20 heavy (non-hydrogen) atoms. The predicted molar refractivity (Wildman–Crippen MR) is 94.6 cm³/mol. The van der Waals surface area contributed by atoms with E-state index in [9.17, 15) is 4.79 Å². The van der Waals surface area contributed by atoms with Crippen molar-refractivity contribution < 1.29 is 4.79 Å². The van der Waals surface area contributed by atoms with Crippen molar-refractivity contribution in [3.8, 4) is 0 Å². The van der Waals surface area contributed by atoms with Crippen molar-refractivity contribution in [2.24, 2.45) is 4.99 Å². The van der Waals surface area contributed by atoms with E-state index in [0.717, 1.165) is 38.2 Å². The Hall–Kier alpha value is -0.790. The molecule has 116 valence electrons. The van der Waals surface area contributed by atoms with E-state index >= 15 is 0 Å². The van der Waals surface area contributed by atoms with Gasteiger partial charge in [-0.1, -0.05) is 25.5 Å². The second-order valence-corrected chi connectivity index (χ2v) is 5.02. The number of aliphatic imine (C=N–C) groups is 1. The molecule has 0 aliphatic heterocycles. The summed E-state index contributed by atoms with van der Waals surface area (Å²) in [5, 5.41) is 6.66. The van der Waals surface area contributed by atoms with Gasteiger partial charge in [-0.05, 0) is 19.3 Å². The molecule has 0 aromatic heterocycles. The van der Waals surface area contributed by atoms with Gasteiger partial charge in [0.1, 0.15) is 6.54 Å². The number of rotatable bonds is 6. The number of hydrogen-bond donors (Lipinski definition) is 2. The van der Waals surface area contributed by atoms with Gasteiger partial charge in [-0.15, -0.1) is 24.0 Å². The number of unbranched alkanes of at least 4 members (excludes halogenated alkanes) is 1. The van der Waals surface area contributed by atoms with Crippen molar-refractivity contribution in [2.75, 3.05) is 27.2 Å². The van der Waals surface area contributed by atoms with E-state index in [0.29, 0.717) is 6.04 Å². The van der Waals surface area contributed by atoms with E-state index in [-0.39, 0.29) is 36.4 Å². The van der Waals surface area contributed by atoms with Gasteiger partial charge in [0.15, 0.2) is 5.96 Å². The van der Waals surface area contributed by atoms with Gasteiger partial charge >= 0.3 is 0 Å². The highest BCUT2D eigenvalue weighted by atomic mass is 127. The van der Waals surface area contributed by atoms with Crippen LogP contribution in [0.15, 0.2) is 17.1 Å². The van der Waals surface area contributed by atoms with Crippen molar-refractivity contribution in [3.63, 3.8) is 0 Å². The average Bonchev–Trinajstić information content (AvgIpc) is 2.88. The van der Waals surface area contributed by atoms with Gasteiger partial charge in [-0.3, -0.25) is 4.79 Å². The molecule has 0 aromatic carbocycles. The zero-order valence-corrected chi connectivity index (χ0v) is 15.0. The first-order valence-electron chi connectivity index (χ1n) is 7.03. The molecule has 0 radical (unpaired) electrons. The monoisotopic (exact) mass is 394 g/mol. The molecule has 0 fully saturated rings. The highest BCUT2D eigenvalue weighted by molar-refractivity contribution is 14.0. The quantitative estimate of drug-likeness (QED) is 0.237. The molecule has 0 spiro atoms. The predicted octanol–water partition coefficient (Wildman–Crippen LogP) is 1.75. The van der Waals surface area contributed by atoms with Crippen LogP contribution in [-0.2, 0) is 4.79 Å². The van der Waals surface area contributed by atoms with Crippen molar-refractivity contribution in [3.05, 3.63) is 12.2 Å². The molecule has 0 atom stereocenters. The zero-order chi connectivity index (χ0) is 14.1. The van der Waals surface area contributed by atoms with Crippen LogP contribution in [0.4, 0.5) is 0 Å². The minimum Gasteiger partial charge on any atom is -0.356 e. The molecule has 1 rings (SSSR count). The Labute approximate surface area is 139 Å². The lowest BCUT2D eigenvalue weighted by Gasteiger charge is -2.17. The van der Waals surface area contributed by atoms with Crippen molar-refractivity contribution in [1.82, 2.24) is 15.5 Å². The molecule has 0 bridgehead atoms. The largest absolute Gasteiger partial charge is 0.356 e. The second-order valence-electron chi connectivity index (χ2n) is 5.02. The summed E-state index contributed by atoms with van der Waals surface area (Å²) in [6, 6.07) is 0.405. The summed E-state index contributed by atoms with van der Waals surface area (Å²) < 4.78 is 0. The average molecular weight is 394 g/mol. The van der Waals surface area contributed by atoms with Gasteiger partial charge in [-0.2, -0.15) is 0 Å². The number of amides is 1. The summed E-state index contributed by atoms with van der Waals surface area (Å²) in [4.78, 5) is 17.5. The molecule has 2 N–H and O–H groups in total. The minimum absolute atomic E-state index is 0. The Morgan fingerprint density at radius 3 is 2.55 bits per heavy atom. The maximum Gasteiger partial charge on any atom is 0.243 e. The van der Waals surface area contributed by atoms with Gasteiger partial charge in [0.05, 0.1) is 0 Å². The van der Waals surface area contributed by atoms with Crippen LogP contribution < -0.4 is 10.6 Å². The lowest BCUT2D eigenvalue weighted by atomic mass is 10.2. The highest BCUT2D eigenvalue weighted by Gasteiger charge is 2.12. The Kier molecular flexibility index (Phi) is 10.5. The first kappa shape index (κ1) is 19.2. The Morgan fingerprint density at radius 2 is 2.00 bits per heavy atom. The number of hydrogen-bond acceptors (Lipinski definition) is 2. The number of halogens is 1. The third-order valence-electron chi connectivity index (χ3n) is 3.04. The van der Waals surface area contributed by atoms with Crippen LogP contribution in [0.1, 0.15) is 32.6 Å². The highest BCUT2D eigenvalue weighted by Crippen LogP contribution is 2.08. The molecular formula is C14H27IN4O. The molecule has 0 aromatic rings. The molecule has 0 saturated heterocycles. The summed E-state index contributed by atoms with van der Waals surface area (Å²) in [5.41, 5.74) is 0. The van der Waals surface area contributed by atoms with Crippen molar-refractivity contribution >= 4 is 35.8 Å². The van der Waals surface area contributed by atoms with Crippen LogP contribution >= 0.6 is 24.0 Å². The molecule has 1 aliphatic carbocycles. The number of nitrogens with zero attached hydrogens (tertiary/aromatic N) is 2. The zero-order valence-electron chi connectivity index (χ0n) is 12.7. The van der Waals surface area contributed by atoms with Crippen LogP contribution in [0.5, 0.6) is 0 Å². The lowest BCUT2D eigenvalue weighted by molar-refractivity contribution is -0.127. The standard InChI is InChI=1S/C14H26N4O.HI/c1-4-5-10-15-14(16-11-13(19)18(2)3)17-12-8-6-7-9-12;/h6-7,12H,4-5,8-11H2,1-3H3,(H2,15,16,17);1H. The smallest absolute Gasteiger partial charge is 0.243 e. The summed E-state index contributed by atoms with van der Waals surface area (Å²) >= 11 is 0. The van der Waals surface area contributed by atoms with E-state index in [4.69, 9.17) is 0 Å². The molecule has 0 saturated carbocycles. The number of likely N-dealkylation sites (N-methyl/N-ethyl adjacent to an activating group) is 1. The molecule has 6 heteroatoms. The SMILES string of the molecule is CCCCNC(=NCC(=O)N(C)C)NC1CC=CC1.I. The number of guanidine groups is 1. The maximum atomic E-state index is 11.6. The fourth-order valence-electron chi connectivity index (χ4n) is 1.75. The Balaban J connectivity index is 0.00000361. The van der Waals surface area contributed by atoms with Crippen LogP contribution in [0.2, 0.25) is 0 Å². The van der Waals surface area contributed by atoms with Gasteiger partial charge in [0.25, 0.3) is 0 Å². The molecule has 0 unspecified atom stereocenters. The minimum atomic E-state index is 0. The van der Waals surface area contributed by atoms with Crippen LogP contribution in [-0.4, -0.2) is 50.0 Å². The van der Waals surface area contributed by atoms with E-state index < -0.39 is 0 Å². The number of nitrogens with one attached hydrogen (secondary N) is 2. The van der Waals surface area contributed by atoms with Gasteiger partial charge in [0.2, 0.25) is 5.91 Å². The second kappa shape index (κ2) is 10.9. The summed E-state index contributed by atoms with van der Waals surface area (Å²) in [7, 11) is 3.49. The van der Waals surface area contributed by atoms with E-state index in [1.807, 2.05) is 0 Å². The van der Waals surface area contributed by atoms with E-state index in [2.05, 4.69) is 34.7 Å². The first-order valence-corrected chi connectivity index (χ1v) is 7.03. The van der Waals surface area contributed by atoms with Crippen LogP contribution in [0.25, 0.3) is 0 Å². The molecule has 1 aliphatic rings. The van der Waals surface area contributed by atoms with Crippen LogP contribution in [0.3, 0.4) is 0 Å². The van der Waals surface area contributed by atoms with Crippen molar-refractivity contribution in [2.45, 2.75) is 38.6 Å². The molecule has 1 amide bonds. The molecular weight excluding hydrogens is 367 g/mol. The molecule has 0 heterocycles. The van der Waals surface area contributed by atoms with Gasteiger partial charge in [-0.25, -0.2) is 4.99 Å². The fraction of sp³-hybridized carbons (Fsp3) is 0.714. The van der Waals surface area contributed by atoms with Crippen molar-refractivity contribution in [1.29, 1.82) is 0 Å². The molecule has 5 nitrogen and oxygen atoms in total. The lowest BCUT2D eigenvalue weighted by Crippen LogP contribution is -2.43. The Bertz CT molecular complexity index is 334. The Morgan fingerprint density at radius 1 is 1.35 bits per heavy atom. The summed E-state index contributed by atoms with van der Waals surface area (Å²) in [6.45, 7) is 3.23. The van der Waals surface area contributed by atoms with Gasteiger partial charge < -0.3 is 15.5 Å². The fourth-order valence-corrected chi connectivity index (χ4v) is 1.75. The maximum absolute atomic E-state index is 11.6. The van der Waals surface area contributed by atoms with E-state index in [1.54, 1.807) is 19.0 Å². The number of carbonyl (C=O) groups is 1. The topological polar surface area (TPSA) is 56.7 Å². The normalized spacial score (nSPS) is 14.8. The van der Waals surface area contributed by atoms with E-state index in [1.165, 1.54) is 0 Å². The van der Waals surface area contributed by atoms with Crippen LogP contribution in [0, 0.1) is 0 Å². The summed E-state index contributed by atoms with van der Waals surface area (Å²) in [6.07, 6.45) is 8.64. The summed E-state index contributed by atoms with van der Waals surface area (Å²) in [5.74, 6) is 0.762. The third kappa shape index (κ3) is 7.72. The van der Waals surface area contributed by atoms with Gasteiger partial charge in [0, 0.05) is 26.7 Å². The third-order valence-corrected chi connectivity index (χ3v) is 3.04. The number of carbonyl (C=O) groups excluding carboxylic acids is 1.